The van der Waals surface area contributed by atoms with Crippen LogP contribution in [0.3, 0.4) is 0 Å². The number of methoxy groups -OCH3 is 1. The third-order valence-corrected chi connectivity index (χ3v) is 3.73. The average molecular weight is 300 g/mol. The van der Waals surface area contributed by atoms with Gasteiger partial charge < -0.3 is 4.74 Å². The molecule has 17 heavy (non-hydrogen) atoms. The van der Waals surface area contributed by atoms with Crippen molar-refractivity contribution in [1.82, 2.24) is 4.90 Å². The maximum Gasteiger partial charge on any atom is 0.123 e. The van der Waals surface area contributed by atoms with Gasteiger partial charge in [-0.2, -0.15) is 0 Å². The zero-order chi connectivity index (χ0) is 12.8. The molecule has 0 fully saturated rings. The van der Waals surface area contributed by atoms with Gasteiger partial charge in [0, 0.05) is 22.6 Å². The Hall–Kier alpha value is -0.540. The van der Waals surface area contributed by atoms with Crippen LogP contribution in [0.15, 0.2) is 22.7 Å². The van der Waals surface area contributed by atoms with Gasteiger partial charge in [0.25, 0.3) is 0 Å². The van der Waals surface area contributed by atoms with Crippen LogP contribution in [0, 0.1) is 0 Å². The zero-order valence-corrected chi connectivity index (χ0v) is 12.8. The summed E-state index contributed by atoms with van der Waals surface area (Å²) in [4.78, 5) is 2.46. The molecule has 96 valence electrons. The van der Waals surface area contributed by atoms with Crippen molar-refractivity contribution < 1.29 is 4.74 Å². The fraction of sp³-hybridized carbons (Fsp3) is 0.571. The third kappa shape index (κ3) is 4.00. The van der Waals surface area contributed by atoms with Crippen molar-refractivity contribution in [2.24, 2.45) is 0 Å². The third-order valence-electron chi connectivity index (χ3n) is 3.24. The van der Waals surface area contributed by atoms with Gasteiger partial charge in [-0.1, -0.05) is 29.8 Å². The molecule has 0 aromatic heterocycles. The Balaban J connectivity index is 2.88. The summed E-state index contributed by atoms with van der Waals surface area (Å²) in [6, 6.07) is 6.78. The van der Waals surface area contributed by atoms with Crippen LogP contribution in [-0.2, 0) is 6.54 Å². The summed E-state index contributed by atoms with van der Waals surface area (Å²) < 4.78 is 6.52. The van der Waals surface area contributed by atoms with E-state index in [1.54, 1.807) is 7.11 Å². The molecule has 0 saturated carbocycles. The summed E-state index contributed by atoms with van der Waals surface area (Å²) in [6.07, 6.45) is 1.17. The summed E-state index contributed by atoms with van der Waals surface area (Å²) in [5, 5.41) is 0. The van der Waals surface area contributed by atoms with Gasteiger partial charge in [-0.15, -0.1) is 0 Å². The lowest BCUT2D eigenvalue weighted by Gasteiger charge is -2.27. The maximum absolute atomic E-state index is 5.41. The highest BCUT2D eigenvalue weighted by Crippen LogP contribution is 2.25. The molecule has 0 aliphatic heterocycles. The van der Waals surface area contributed by atoms with Gasteiger partial charge in [-0.25, -0.2) is 0 Å². The molecule has 0 aliphatic carbocycles. The number of hydrogen-bond donors (Lipinski definition) is 0. The Kier molecular flexibility index (Phi) is 6.00. The van der Waals surface area contributed by atoms with Gasteiger partial charge in [0.1, 0.15) is 5.75 Å². The van der Waals surface area contributed by atoms with E-state index in [4.69, 9.17) is 4.74 Å². The SMILES string of the molecule is CCC(C)N(CC)Cc1cc(Br)ccc1OC. The fourth-order valence-corrected chi connectivity index (χ4v) is 2.34. The van der Waals surface area contributed by atoms with Crippen molar-refractivity contribution in [3.63, 3.8) is 0 Å². The van der Waals surface area contributed by atoms with Crippen molar-refractivity contribution in [2.45, 2.75) is 39.8 Å². The number of halogens is 1. The smallest absolute Gasteiger partial charge is 0.123 e. The van der Waals surface area contributed by atoms with Crippen LogP contribution in [-0.4, -0.2) is 24.6 Å². The van der Waals surface area contributed by atoms with Crippen molar-refractivity contribution in [3.05, 3.63) is 28.2 Å². The van der Waals surface area contributed by atoms with E-state index in [1.807, 2.05) is 12.1 Å². The van der Waals surface area contributed by atoms with Gasteiger partial charge in [0.05, 0.1) is 7.11 Å². The predicted molar refractivity (Wildman–Crippen MR) is 76.5 cm³/mol. The van der Waals surface area contributed by atoms with E-state index in [-0.39, 0.29) is 0 Å². The van der Waals surface area contributed by atoms with Crippen LogP contribution in [0.4, 0.5) is 0 Å². The summed E-state index contributed by atoms with van der Waals surface area (Å²) in [5.74, 6) is 0.968. The van der Waals surface area contributed by atoms with Gasteiger partial charge >= 0.3 is 0 Å². The zero-order valence-electron chi connectivity index (χ0n) is 11.2. The Labute approximate surface area is 113 Å². The molecule has 0 heterocycles. The molecule has 0 saturated heterocycles. The topological polar surface area (TPSA) is 12.5 Å². The highest BCUT2D eigenvalue weighted by Gasteiger charge is 2.13. The number of hydrogen-bond acceptors (Lipinski definition) is 2. The number of benzene rings is 1. The van der Waals surface area contributed by atoms with Crippen molar-refractivity contribution in [1.29, 1.82) is 0 Å². The standard InChI is InChI=1S/C14H22BrNO/c1-5-11(3)16(6-2)10-12-9-13(15)7-8-14(12)17-4/h7-9,11H,5-6,10H2,1-4H3. The quantitative estimate of drug-likeness (QED) is 0.785. The van der Waals surface area contributed by atoms with E-state index in [9.17, 15) is 0 Å². The molecule has 0 radical (unpaired) electrons. The minimum Gasteiger partial charge on any atom is -0.496 e. The molecule has 3 heteroatoms. The molecule has 1 aromatic rings. The van der Waals surface area contributed by atoms with Crippen LogP contribution < -0.4 is 4.74 Å². The lowest BCUT2D eigenvalue weighted by Crippen LogP contribution is -2.31. The van der Waals surface area contributed by atoms with E-state index in [1.165, 1.54) is 12.0 Å². The molecule has 1 unspecified atom stereocenters. The second-order valence-corrected chi connectivity index (χ2v) is 5.19. The molecule has 0 spiro atoms. The fourth-order valence-electron chi connectivity index (χ4n) is 1.93. The molecule has 1 rings (SSSR count). The molecular weight excluding hydrogens is 278 g/mol. The lowest BCUT2D eigenvalue weighted by molar-refractivity contribution is 0.203. The normalized spacial score (nSPS) is 12.8. The average Bonchev–Trinajstić information content (AvgIpc) is 2.35. The maximum atomic E-state index is 5.41. The molecule has 0 amide bonds. The first-order valence-corrected chi connectivity index (χ1v) is 6.98. The monoisotopic (exact) mass is 299 g/mol. The summed E-state index contributed by atoms with van der Waals surface area (Å²) >= 11 is 3.52. The molecule has 1 aromatic carbocycles. The van der Waals surface area contributed by atoms with Gasteiger partial charge in [-0.05, 0) is 38.1 Å². The Morgan fingerprint density at radius 3 is 2.59 bits per heavy atom. The first kappa shape index (κ1) is 14.5. The number of nitrogens with zero attached hydrogens (tertiary/aromatic N) is 1. The highest BCUT2D eigenvalue weighted by molar-refractivity contribution is 9.10. The summed E-state index contributed by atoms with van der Waals surface area (Å²) in [6.45, 7) is 8.70. The van der Waals surface area contributed by atoms with Crippen LogP contribution >= 0.6 is 15.9 Å². The number of ether oxygens (including phenoxy) is 1. The Morgan fingerprint density at radius 2 is 2.06 bits per heavy atom. The second-order valence-electron chi connectivity index (χ2n) is 4.28. The summed E-state index contributed by atoms with van der Waals surface area (Å²) in [7, 11) is 1.73. The van der Waals surface area contributed by atoms with E-state index in [0.717, 1.165) is 23.3 Å². The molecular formula is C14H22BrNO. The first-order valence-electron chi connectivity index (χ1n) is 6.18. The van der Waals surface area contributed by atoms with Crippen molar-refractivity contribution >= 4 is 15.9 Å². The molecule has 0 bridgehead atoms. The first-order chi connectivity index (χ1) is 8.12. The van der Waals surface area contributed by atoms with Crippen molar-refractivity contribution in [3.8, 4) is 5.75 Å². The second kappa shape index (κ2) is 7.02. The Morgan fingerprint density at radius 1 is 1.35 bits per heavy atom. The molecule has 1 atom stereocenters. The van der Waals surface area contributed by atoms with Crippen LogP contribution in [0.2, 0.25) is 0 Å². The van der Waals surface area contributed by atoms with E-state index >= 15 is 0 Å². The minimum absolute atomic E-state index is 0.601. The van der Waals surface area contributed by atoms with Crippen molar-refractivity contribution in [2.75, 3.05) is 13.7 Å². The number of rotatable bonds is 6. The lowest BCUT2D eigenvalue weighted by atomic mass is 10.1. The highest BCUT2D eigenvalue weighted by atomic mass is 79.9. The predicted octanol–water partition coefficient (Wildman–Crippen LogP) is 4.08. The largest absolute Gasteiger partial charge is 0.496 e. The van der Waals surface area contributed by atoms with E-state index < -0.39 is 0 Å². The molecule has 2 nitrogen and oxygen atoms in total. The van der Waals surface area contributed by atoms with E-state index in [0.29, 0.717) is 6.04 Å². The minimum atomic E-state index is 0.601. The van der Waals surface area contributed by atoms with Gasteiger partial charge in [0.2, 0.25) is 0 Å². The van der Waals surface area contributed by atoms with Crippen LogP contribution in [0.5, 0.6) is 5.75 Å². The molecule has 0 N–H and O–H groups in total. The molecule has 0 aliphatic rings. The van der Waals surface area contributed by atoms with Crippen LogP contribution in [0.1, 0.15) is 32.8 Å². The van der Waals surface area contributed by atoms with Gasteiger partial charge in [0.15, 0.2) is 0 Å². The van der Waals surface area contributed by atoms with Gasteiger partial charge in [-0.3, -0.25) is 4.90 Å². The van der Waals surface area contributed by atoms with E-state index in [2.05, 4.69) is 47.7 Å². The summed E-state index contributed by atoms with van der Waals surface area (Å²) in [5.41, 5.74) is 1.24. The van der Waals surface area contributed by atoms with Crippen LogP contribution in [0.25, 0.3) is 0 Å². The Bertz CT molecular complexity index is 354.